The number of hydrogen-bond donors (Lipinski definition) is 1. The maximum atomic E-state index is 9.15. The van der Waals surface area contributed by atoms with Crippen LogP contribution in [-0.4, -0.2) is 30.2 Å². The van der Waals surface area contributed by atoms with Gasteiger partial charge in [0.05, 0.1) is 12.7 Å². The number of ether oxygens (including phenoxy) is 2. The summed E-state index contributed by atoms with van der Waals surface area (Å²) in [5, 5.41) is 9.15. The van der Waals surface area contributed by atoms with E-state index in [0.29, 0.717) is 6.61 Å². The Kier molecular flexibility index (Phi) is 1.22. The zero-order valence-electron chi connectivity index (χ0n) is 5.12. The molecule has 0 aromatic carbocycles. The van der Waals surface area contributed by atoms with Crippen molar-refractivity contribution in [2.45, 2.75) is 31.3 Å². The fourth-order valence-corrected chi connectivity index (χ4v) is 1.32. The Morgan fingerprint density at radius 3 is 3.00 bits per heavy atom. The third-order valence-electron chi connectivity index (χ3n) is 1.87. The van der Waals surface area contributed by atoms with Crippen LogP contribution < -0.4 is 0 Å². The highest BCUT2D eigenvalue weighted by Gasteiger charge is 2.36. The molecule has 3 unspecified atom stereocenters. The van der Waals surface area contributed by atoms with Gasteiger partial charge in [-0.25, -0.2) is 0 Å². The fourth-order valence-electron chi connectivity index (χ4n) is 1.32. The molecule has 3 atom stereocenters. The number of rotatable bonds is 0. The van der Waals surface area contributed by atoms with Crippen LogP contribution in [0.1, 0.15) is 12.8 Å². The van der Waals surface area contributed by atoms with Crippen LogP contribution in [0.25, 0.3) is 0 Å². The highest BCUT2D eigenvalue weighted by molar-refractivity contribution is 4.77. The van der Waals surface area contributed by atoms with Gasteiger partial charge >= 0.3 is 0 Å². The molecule has 52 valence electrons. The van der Waals surface area contributed by atoms with Gasteiger partial charge in [-0.1, -0.05) is 0 Å². The van der Waals surface area contributed by atoms with Crippen LogP contribution in [0.2, 0.25) is 0 Å². The summed E-state index contributed by atoms with van der Waals surface area (Å²) < 4.78 is 10.4. The Morgan fingerprint density at radius 1 is 1.33 bits per heavy atom. The largest absolute Gasteiger partial charge is 0.388 e. The van der Waals surface area contributed by atoms with E-state index in [9.17, 15) is 0 Å². The van der Waals surface area contributed by atoms with Gasteiger partial charge in [-0.3, -0.25) is 0 Å². The summed E-state index contributed by atoms with van der Waals surface area (Å²) in [6.07, 6.45) is 1.33. The summed E-state index contributed by atoms with van der Waals surface area (Å²) in [5.41, 5.74) is 0. The van der Waals surface area contributed by atoms with Gasteiger partial charge in [0.2, 0.25) is 0 Å². The number of fused-ring (bicyclic) bond motifs is 2. The van der Waals surface area contributed by atoms with Gasteiger partial charge in [0, 0.05) is 0 Å². The molecule has 0 aromatic heterocycles. The van der Waals surface area contributed by atoms with Crippen LogP contribution in [0, 0.1) is 0 Å². The van der Waals surface area contributed by atoms with Crippen molar-refractivity contribution in [1.82, 2.24) is 0 Å². The first-order valence-electron chi connectivity index (χ1n) is 3.31. The average Bonchev–Trinajstić information content (AvgIpc) is 2.25. The van der Waals surface area contributed by atoms with E-state index in [-0.39, 0.29) is 18.5 Å². The van der Waals surface area contributed by atoms with Gasteiger partial charge in [-0.2, -0.15) is 0 Å². The molecule has 0 spiro atoms. The molecule has 9 heavy (non-hydrogen) atoms. The molecule has 0 amide bonds. The zero-order valence-corrected chi connectivity index (χ0v) is 5.12. The second-order valence-corrected chi connectivity index (χ2v) is 2.60. The van der Waals surface area contributed by atoms with E-state index in [1.165, 1.54) is 0 Å². The molecule has 1 N–H and O–H groups in total. The van der Waals surface area contributed by atoms with Crippen molar-refractivity contribution in [3.8, 4) is 0 Å². The molecule has 2 heterocycles. The van der Waals surface area contributed by atoms with E-state index < -0.39 is 0 Å². The SMILES string of the molecule is OC1CCC2COC1O2. The van der Waals surface area contributed by atoms with E-state index >= 15 is 0 Å². The molecule has 2 rings (SSSR count). The van der Waals surface area contributed by atoms with E-state index in [1.807, 2.05) is 0 Å². The second kappa shape index (κ2) is 1.94. The fraction of sp³-hybridized carbons (Fsp3) is 1.00. The lowest BCUT2D eigenvalue weighted by Crippen LogP contribution is -2.32. The van der Waals surface area contributed by atoms with Crippen molar-refractivity contribution in [3.63, 3.8) is 0 Å². The Bertz CT molecular complexity index is 115. The second-order valence-electron chi connectivity index (χ2n) is 2.60. The predicted octanol–water partition coefficient (Wildman–Crippen LogP) is -0.117. The minimum absolute atomic E-state index is 0.262. The van der Waals surface area contributed by atoms with E-state index in [0.717, 1.165) is 12.8 Å². The third kappa shape index (κ3) is 0.852. The molecule has 2 aliphatic heterocycles. The van der Waals surface area contributed by atoms with Crippen LogP contribution in [-0.2, 0) is 9.47 Å². The highest BCUT2D eigenvalue weighted by atomic mass is 16.7. The summed E-state index contributed by atoms with van der Waals surface area (Å²) in [6, 6.07) is 0. The molecule has 0 saturated carbocycles. The molecule has 3 heteroatoms. The van der Waals surface area contributed by atoms with Crippen LogP contribution in [0.3, 0.4) is 0 Å². The molecule has 0 aliphatic carbocycles. The molecule has 2 fully saturated rings. The van der Waals surface area contributed by atoms with Gasteiger partial charge < -0.3 is 14.6 Å². The number of hydrogen-bond acceptors (Lipinski definition) is 3. The minimum atomic E-state index is -0.385. The Morgan fingerprint density at radius 2 is 2.22 bits per heavy atom. The van der Waals surface area contributed by atoms with Crippen LogP contribution in [0.15, 0.2) is 0 Å². The molecule has 0 aromatic rings. The molecule has 2 aliphatic rings. The summed E-state index contributed by atoms with van der Waals surface area (Å²) in [6.45, 7) is 0.668. The Hall–Kier alpha value is -0.120. The number of aliphatic hydroxyl groups is 1. The smallest absolute Gasteiger partial charge is 0.183 e. The van der Waals surface area contributed by atoms with E-state index in [2.05, 4.69) is 0 Å². The van der Waals surface area contributed by atoms with Crippen molar-refractivity contribution in [3.05, 3.63) is 0 Å². The van der Waals surface area contributed by atoms with Crippen molar-refractivity contribution >= 4 is 0 Å². The van der Waals surface area contributed by atoms with Crippen molar-refractivity contribution in [2.24, 2.45) is 0 Å². The van der Waals surface area contributed by atoms with Gasteiger partial charge in [0.25, 0.3) is 0 Å². The van der Waals surface area contributed by atoms with Crippen molar-refractivity contribution < 1.29 is 14.6 Å². The van der Waals surface area contributed by atoms with Gasteiger partial charge in [0.15, 0.2) is 6.29 Å². The predicted molar refractivity (Wildman–Crippen MR) is 29.9 cm³/mol. The number of aliphatic hydroxyl groups excluding tert-OH is 1. The maximum Gasteiger partial charge on any atom is 0.183 e. The first kappa shape index (κ1) is 5.65. The zero-order chi connectivity index (χ0) is 6.27. The molecule has 2 bridgehead atoms. The quantitative estimate of drug-likeness (QED) is 0.497. The Labute approximate surface area is 53.6 Å². The van der Waals surface area contributed by atoms with Crippen LogP contribution in [0.5, 0.6) is 0 Å². The van der Waals surface area contributed by atoms with Gasteiger partial charge in [-0.05, 0) is 12.8 Å². The lowest BCUT2D eigenvalue weighted by atomic mass is 10.1. The monoisotopic (exact) mass is 130 g/mol. The standard InChI is InChI=1S/C6H10O3/c7-5-2-1-4-3-8-6(5)9-4/h4-7H,1-3H2. The van der Waals surface area contributed by atoms with Crippen LogP contribution >= 0.6 is 0 Å². The highest BCUT2D eigenvalue weighted by Crippen LogP contribution is 2.26. The molecule has 0 radical (unpaired) electrons. The van der Waals surface area contributed by atoms with E-state index in [1.54, 1.807) is 0 Å². The first-order valence-corrected chi connectivity index (χ1v) is 3.31. The lowest BCUT2D eigenvalue weighted by molar-refractivity contribution is -0.152. The average molecular weight is 130 g/mol. The summed E-state index contributed by atoms with van der Waals surface area (Å²) in [5.74, 6) is 0. The maximum absolute atomic E-state index is 9.15. The normalized spacial score (nSPS) is 49.7. The molecular weight excluding hydrogens is 120 g/mol. The van der Waals surface area contributed by atoms with Crippen molar-refractivity contribution in [1.29, 1.82) is 0 Å². The lowest BCUT2D eigenvalue weighted by Gasteiger charge is -2.22. The summed E-state index contributed by atoms with van der Waals surface area (Å²) in [4.78, 5) is 0. The van der Waals surface area contributed by atoms with E-state index in [4.69, 9.17) is 14.6 Å². The topological polar surface area (TPSA) is 38.7 Å². The molecule has 2 saturated heterocycles. The first-order chi connectivity index (χ1) is 4.36. The molecular formula is C6H10O3. The molecule has 3 nitrogen and oxygen atoms in total. The third-order valence-corrected chi connectivity index (χ3v) is 1.87. The van der Waals surface area contributed by atoms with Gasteiger partial charge in [-0.15, -0.1) is 0 Å². The minimum Gasteiger partial charge on any atom is -0.388 e. The van der Waals surface area contributed by atoms with Gasteiger partial charge in [0.1, 0.15) is 6.10 Å². The van der Waals surface area contributed by atoms with Crippen molar-refractivity contribution in [2.75, 3.05) is 6.61 Å². The summed E-state index contributed by atoms with van der Waals surface area (Å²) in [7, 11) is 0. The van der Waals surface area contributed by atoms with Crippen LogP contribution in [0.4, 0.5) is 0 Å². The Balaban J connectivity index is 2.05. The summed E-state index contributed by atoms with van der Waals surface area (Å²) >= 11 is 0.